The molecule has 1 aromatic carbocycles. The fourth-order valence-corrected chi connectivity index (χ4v) is 3.72. The third-order valence-electron chi connectivity index (χ3n) is 3.30. The Morgan fingerprint density at radius 3 is 2.75 bits per heavy atom. The highest BCUT2D eigenvalue weighted by Crippen LogP contribution is 2.21. The summed E-state index contributed by atoms with van der Waals surface area (Å²) in [5, 5.41) is 2.45. The van der Waals surface area contributed by atoms with Gasteiger partial charge in [-0.3, -0.25) is 4.79 Å². The maximum atomic E-state index is 13.5. The number of carbonyl (C=O) groups is 1. The number of rotatable bonds is 7. The van der Waals surface area contributed by atoms with Gasteiger partial charge in [0.15, 0.2) is 18.2 Å². The van der Waals surface area contributed by atoms with Crippen LogP contribution in [0, 0.1) is 5.82 Å². The Kier molecular flexibility index (Phi) is 6.96. The Labute approximate surface area is 148 Å². The maximum absolute atomic E-state index is 13.5. The zero-order valence-electron chi connectivity index (χ0n) is 12.8. The Morgan fingerprint density at radius 1 is 1.38 bits per heavy atom. The number of morpholine rings is 1. The molecule has 1 amide bonds. The first-order valence-corrected chi connectivity index (χ1v) is 9.69. The summed E-state index contributed by atoms with van der Waals surface area (Å²) in [6, 6.07) is 4.21. The van der Waals surface area contributed by atoms with Crippen LogP contribution in [0.3, 0.4) is 0 Å². The molecule has 1 fully saturated rings. The van der Waals surface area contributed by atoms with Crippen LogP contribution in [0.2, 0.25) is 0 Å². The van der Waals surface area contributed by atoms with Gasteiger partial charge in [-0.15, -0.1) is 0 Å². The summed E-state index contributed by atoms with van der Waals surface area (Å²) in [5.74, 6) is -1.36. The van der Waals surface area contributed by atoms with Gasteiger partial charge in [0.1, 0.15) is 0 Å². The van der Waals surface area contributed by atoms with Gasteiger partial charge in [-0.25, -0.2) is 12.8 Å². The maximum Gasteiger partial charge on any atom is 0.257 e. The lowest BCUT2D eigenvalue weighted by Crippen LogP contribution is -2.44. The van der Waals surface area contributed by atoms with Gasteiger partial charge in [0.2, 0.25) is 10.0 Å². The van der Waals surface area contributed by atoms with E-state index in [1.54, 1.807) is 6.07 Å². The molecule has 0 unspecified atom stereocenters. The lowest BCUT2D eigenvalue weighted by molar-refractivity contribution is -0.123. The second-order valence-electron chi connectivity index (χ2n) is 5.04. The molecule has 1 N–H and O–H groups in total. The molecule has 0 bridgehead atoms. The third-order valence-corrected chi connectivity index (χ3v) is 5.66. The van der Waals surface area contributed by atoms with Gasteiger partial charge >= 0.3 is 0 Å². The Balaban J connectivity index is 1.73. The highest BCUT2D eigenvalue weighted by atomic mass is 79.9. The molecule has 10 heteroatoms. The zero-order valence-corrected chi connectivity index (χ0v) is 15.2. The highest BCUT2D eigenvalue weighted by molar-refractivity contribution is 9.10. The first-order chi connectivity index (χ1) is 11.4. The molecule has 0 aliphatic carbocycles. The summed E-state index contributed by atoms with van der Waals surface area (Å²) in [4.78, 5) is 11.7. The molecule has 0 saturated carbocycles. The molecule has 1 aromatic rings. The van der Waals surface area contributed by atoms with E-state index in [0.717, 1.165) is 0 Å². The number of nitrogens with one attached hydrogen (secondary N) is 1. The number of hydrogen-bond donors (Lipinski definition) is 1. The smallest absolute Gasteiger partial charge is 0.257 e. The van der Waals surface area contributed by atoms with Gasteiger partial charge in [-0.1, -0.05) is 15.9 Å². The van der Waals surface area contributed by atoms with Crippen molar-refractivity contribution in [1.82, 2.24) is 9.62 Å². The van der Waals surface area contributed by atoms with Crippen molar-refractivity contribution in [1.29, 1.82) is 0 Å². The SMILES string of the molecule is O=C(COc1ccc(Br)cc1F)NCCS(=O)(=O)N1CCOCC1. The van der Waals surface area contributed by atoms with Gasteiger partial charge in [-0.05, 0) is 18.2 Å². The summed E-state index contributed by atoms with van der Waals surface area (Å²) in [5.41, 5.74) is 0. The van der Waals surface area contributed by atoms with Crippen LogP contribution < -0.4 is 10.1 Å². The zero-order chi connectivity index (χ0) is 17.6. The third kappa shape index (κ3) is 5.69. The van der Waals surface area contributed by atoms with Crippen molar-refractivity contribution < 1.29 is 27.1 Å². The highest BCUT2D eigenvalue weighted by Gasteiger charge is 2.23. The molecule has 7 nitrogen and oxygen atoms in total. The van der Waals surface area contributed by atoms with Crippen molar-refractivity contribution in [3.05, 3.63) is 28.5 Å². The molecule has 1 saturated heterocycles. The Hall–Kier alpha value is -1.23. The van der Waals surface area contributed by atoms with Crippen LogP contribution in [0.1, 0.15) is 0 Å². The minimum absolute atomic E-state index is 0.0370. The van der Waals surface area contributed by atoms with Gasteiger partial charge in [0.05, 0.1) is 19.0 Å². The minimum atomic E-state index is -3.43. The summed E-state index contributed by atoms with van der Waals surface area (Å²) in [6.07, 6.45) is 0. The number of nitrogens with zero attached hydrogens (tertiary/aromatic N) is 1. The number of sulfonamides is 1. The van der Waals surface area contributed by atoms with Gasteiger partial charge in [0.25, 0.3) is 5.91 Å². The minimum Gasteiger partial charge on any atom is -0.481 e. The number of hydrogen-bond acceptors (Lipinski definition) is 5. The van der Waals surface area contributed by atoms with Crippen LogP contribution >= 0.6 is 15.9 Å². The molecule has 0 spiro atoms. The molecule has 1 aliphatic heterocycles. The van der Waals surface area contributed by atoms with Crippen LogP contribution in [-0.2, 0) is 19.6 Å². The molecule has 0 atom stereocenters. The molecular formula is C14H18BrFN2O5S. The molecular weight excluding hydrogens is 407 g/mol. The lowest BCUT2D eigenvalue weighted by Gasteiger charge is -2.26. The van der Waals surface area contributed by atoms with Crippen LogP contribution in [-0.4, -0.2) is 63.8 Å². The van der Waals surface area contributed by atoms with Crippen molar-refractivity contribution in [2.75, 3.05) is 45.2 Å². The van der Waals surface area contributed by atoms with Gasteiger partial charge in [-0.2, -0.15) is 4.31 Å². The van der Waals surface area contributed by atoms with Crippen molar-refractivity contribution in [2.24, 2.45) is 0 Å². The Morgan fingerprint density at radius 2 is 2.08 bits per heavy atom. The largest absolute Gasteiger partial charge is 0.481 e. The topological polar surface area (TPSA) is 84.9 Å². The quantitative estimate of drug-likeness (QED) is 0.697. The van der Waals surface area contributed by atoms with Crippen molar-refractivity contribution in [3.8, 4) is 5.75 Å². The summed E-state index contributed by atoms with van der Waals surface area (Å²) in [7, 11) is -3.43. The number of halogens is 2. The molecule has 24 heavy (non-hydrogen) atoms. The standard InChI is InChI=1S/C14H18BrFN2O5S/c15-11-1-2-13(12(16)9-11)23-10-14(19)17-3-8-24(20,21)18-4-6-22-7-5-18/h1-2,9H,3-8,10H2,(H,17,19). The normalized spacial score (nSPS) is 15.9. The summed E-state index contributed by atoms with van der Waals surface area (Å²) < 4.78 is 49.7. The molecule has 0 radical (unpaired) electrons. The van der Waals surface area contributed by atoms with E-state index in [1.165, 1.54) is 16.4 Å². The molecule has 1 aliphatic rings. The van der Waals surface area contributed by atoms with Gasteiger partial charge < -0.3 is 14.8 Å². The molecule has 0 aromatic heterocycles. The van der Waals surface area contributed by atoms with Gasteiger partial charge in [0, 0.05) is 24.1 Å². The number of benzene rings is 1. The Bertz CT molecular complexity index is 680. The second-order valence-corrected chi connectivity index (χ2v) is 8.04. The van der Waals surface area contributed by atoms with E-state index in [9.17, 15) is 17.6 Å². The van der Waals surface area contributed by atoms with Crippen molar-refractivity contribution in [2.45, 2.75) is 0 Å². The van der Waals surface area contributed by atoms with E-state index in [-0.39, 0.29) is 18.0 Å². The summed E-state index contributed by atoms with van der Waals surface area (Å²) in [6.45, 7) is 0.960. The van der Waals surface area contributed by atoms with Crippen molar-refractivity contribution >= 4 is 31.9 Å². The molecule has 134 valence electrons. The average molecular weight is 425 g/mol. The van der Waals surface area contributed by atoms with Crippen LogP contribution in [0.25, 0.3) is 0 Å². The van der Waals surface area contributed by atoms with E-state index < -0.39 is 28.4 Å². The van der Waals surface area contributed by atoms with E-state index in [1.807, 2.05) is 0 Å². The fraction of sp³-hybridized carbons (Fsp3) is 0.500. The number of carbonyl (C=O) groups excluding carboxylic acids is 1. The van der Waals surface area contributed by atoms with Crippen molar-refractivity contribution in [3.63, 3.8) is 0 Å². The van der Waals surface area contributed by atoms with E-state index in [4.69, 9.17) is 9.47 Å². The fourth-order valence-electron chi connectivity index (χ4n) is 2.06. The first-order valence-electron chi connectivity index (χ1n) is 7.28. The van der Waals surface area contributed by atoms with Crippen LogP contribution in [0.5, 0.6) is 5.75 Å². The van der Waals surface area contributed by atoms with E-state index in [2.05, 4.69) is 21.2 Å². The van der Waals surface area contributed by atoms with Crippen LogP contribution in [0.4, 0.5) is 4.39 Å². The molecule has 1 heterocycles. The van der Waals surface area contributed by atoms with E-state index >= 15 is 0 Å². The average Bonchev–Trinajstić information content (AvgIpc) is 2.55. The summed E-state index contributed by atoms with van der Waals surface area (Å²) >= 11 is 3.12. The van der Waals surface area contributed by atoms with Crippen LogP contribution in [0.15, 0.2) is 22.7 Å². The predicted octanol–water partition coefficient (Wildman–Crippen LogP) is 0.745. The first kappa shape index (κ1) is 19.1. The predicted molar refractivity (Wildman–Crippen MR) is 88.8 cm³/mol. The molecule has 2 rings (SSSR count). The monoisotopic (exact) mass is 424 g/mol. The second kappa shape index (κ2) is 8.75. The number of amides is 1. The van der Waals surface area contributed by atoms with E-state index in [0.29, 0.717) is 30.8 Å². The lowest BCUT2D eigenvalue weighted by atomic mass is 10.3. The number of ether oxygens (including phenoxy) is 2.